The van der Waals surface area contributed by atoms with Gasteiger partial charge in [0.15, 0.2) is 0 Å². The van der Waals surface area contributed by atoms with Gasteiger partial charge in [-0.3, -0.25) is 9.59 Å². The predicted octanol–water partition coefficient (Wildman–Crippen LogP) is 4.66. The van der Waals surface area contributed by atoms with Crippen molar-refractivity contribution in [2.45, 2.75) is 91.7 Å². The fourth-order valence-electron chi connectivity index (χ4n) is 8.89. The largest absolute Gasteiger partial charge is 0.463 e. The Morgan fingerprint density at radius 2 is 1.86 bits per heavy atom. The van der Waals surface area contributed by atoms with E-state index in [1.165, 1.54) is 32.6 Å². The Balaban J connectivity index is 1.61. The minimum atomic E-state index is -0.150. The van der Waals surface area contributed by atoms with Gasteiger partial charge in [0, 0.05) is 32.4 Å². The van der Waals surface area contributed by atoms with E-state index < -0.39 is 0 Å². The second-order valence-electron chi connectivity index (χ2n) is 11.1. The quantitative estimate of drug-likeness (QED) is 0.645. The van der Waals surface area contributed by atoms with E-state index in [1.807, 2.05) is 7.05 Å². The highest BCUT2D eigenvalue weighted by Gasteiger charge is 2.63. The first-order chi connectivity index (χ1) is 13.1. The van der Waals surface area contributed by atoms with Crippen molar-refractivity contribution in [1.82, 2.24) is 4.90 Å². The number of rotatable bonds is 2. The van der Waals surface area contributed by atoms with Gasteiger partial charge in [0.2, 0.25) is 5.91 Å². The van der Waals surface area contributed by atoms with Crippen molar-refractivity contribution >= 4 is 11.9 Å². The van der Waals surface area contributed by atoms with Gasteiger partial charge in [0.25, 0.3) is 0 Å². The molecule has 1 aliphatic heterocycles. The Kier molecular flexibility index (Phi) is 4.87. The van der Waals surface area contributed by atoms with E-state index in [0.717, 1.165) is 37.0 Å². The van der Waals surface area contributed by atoms with Crippen LogP contribution in [0.3, 0.4) is 0 Å². The van der Waals surface area contributed by atoms with E-state index in [2.05, 4.69) is 32.6 Å². The minimum absolute atomic E-state index is 0.00408. The SMILES string of the molecule is CC(=O)OC(C)[C@H]1[C@H](C)C[C@H]2[C@@H]3CC[C@H]4N(C)C(=O)CC[C@]4(C)[C@H]3CC[C@@]21C. The number of piperidine rings is 1. The lowest BCUT2D eigenvalue weighted by atomic mass is 9.46. The number of carbonyl (C=O) groups is 2. The lowest BCUT2D eigenvalue weighted by molar-refractivity contribution is -0.164. The molecule has 1 amide bonds. The van der Waals surface area contributed by atoms with Crippen LogP contribution < -0.4 is 0 Å². The third-order valence-electron chi connectivity index (χ3n) is 9.85. The average molecular weight is 390 g/mol. The van der Waals surface area contributed by atoms with Gasteiger partial charge >= 0.3 is 5.97 Å². The standard InChI is InChI=1S/C24H39NO3/c1-14-13-19-17-7-8-20-23(4,12-10-21(27)25(20)6)18(17)9-11-24(19,5)22(14)15(2)28-16(3)26/h14-15,17-20,22H,7-13H2,1-6H3/t14-,15?,17-,18+,19+,20-,22-,23-,24+/m1/s1. The third-order valence-corrected chi connectivity index (χ3v) is 9.85. The van der Waals surface area contributed by atoms with Gasteiger partial charge < -0.3 is 9.64 Å². The van der Waals surface area contributed by atoms with Gasteiger partial charge in [-0.25, -0.2) is 0 Å². The molecule has 4 rings (SSSR count). The molecule has 0 N–H and O–H groups in total. The second-order valence-corrected chi connectivity index (χ2v) is 11.1. The van der Waals surface area contributed by atoms with Gasteiger partial charge in [-0.2, -0.15) is 0 Å². The molecule has 0 radical (unpaired) electrons. The molecule has 4 heteroatoms. The molecule has 3 saturated carbocycles. The smallest absolute Gasteiger partial charge is 0.302 e. The van der Waals surface area contributed by atoms with Crippen LogP contribution >= 0.6 is 0 Å². The van der Waals surface area contributed by atoms with E-state index in [0.29, 0.717) is 23.8 Å². The molecular formula is C24H39NO3. The first-order valence-corrected chi connectivity index (χ1v) is 11.5. The lowest BCUT2D eigenvalue weighted by Gasteiger charge is -2.62. The number of likely N-dealkylation sites (tertiary alicyclic amines) is 1. The Bertz CT molecular complexity index is 662. The van der Waals surface area contributed by atoms with Crippen molar-refractivity contribution in [2.24, 2.45) is 40.4 Å². The highest BCUT2D eigenvalue weighted by atomic mass is 16.5. The van der Waals surface area contributed by atoms with Gasteiger partial charge in [-0.05, 0) is 80.0 Å². The third kappa shape index (κ3) is 2.76. The van der Waals surface area contributed by atoms with Crippen molar-refractivity contribution in [3.63, 3.8) is 0 Å². The van der Waals surface area contributed by atoms with Crippen LogP contribution in [0, 0.1) is 40.4 Å². The van der Waals surface area contributed by atoms with Gasteiger partial charge in [-0.15, -0.1) is 0 Å². The molecule has 4 nitrogen and oxygen atoms in total. The van der Waals surface area contributed by atoms with Gasteiger partial charge in [0.1, 0.15) is 6.10 Å². The first kappa shape index (κ1) is 20.2. The molecule has 0 spiro atoms. The second kappa shape index (κ2) is 6.74. The summed E-state index contributed by atoms with van der Waals surface area (Å²) in [5, 5.41) is 0. The average Bonchev–Trinajstić information content (AvgIpc) is 2.88. The summed E-state index contributed by atoms with van der Waals surface area (Å²) in [5.41, 5.74) is 0.546. The first-order valence-electron chi connectivity index (χ1n) is 11.5. The van der Waals surface area contributed by atoms with E-state index in [-0.39, 0.29) is 22.9 Å². The number of amides is 1. The maximum Gasteiger partial charge on any atom is 0.302 e. The monoisotopic (exact) mass is 389 g/mol. The summed E-state index contributed by atoms with van der Waals surface area (Å²) in [6.07, 6.45) is 7.97. The molecule has 0 bridgehead atoms. The van der Waals surface area contributed by atoms with Crippen molar-refractivity contribution < 1.29 is 14.3 Å². The van der Waals surface area contributed by atoms with E-state index >= 15 is 0 Å². The summed E-state index contributed by atoms with van der Waals surface area (Å²) in [7, 11) is 2.03. The van der Waals surface area contributed by atoms with E-state index in [1.54, 1.807) is 0 Å². The van der Waals surface area contributed by atoms with Crippen LogP contribution in [-0.2, 0) is 14.3 Å². The van der Waals surface area contributed by atoms with Crippen molar-refractivity contribution in [3.05, 3.63) is 0 Å². The lowest BCUT2D eigenvalue weighted by Crippen LogP contribution is -2.61. The molecule has 28 heavy (non-hydrogen) atoms. The Hall–Kier alpha value is -1.06. The molecule has 3 aliphatic carbocycles. The maximum atomic E-state index is 12.3. The topological polar surface area (TPSA) is 46.6 Å². The zero-order chi connectivity index (χ0) is 20.4. The highest BCUT2D eigenvalue weighted by molar-refractivity contribution is 5.77. The van der Waals surface area contributed by atoms with Crippen molar-refractivity contribution in [3.8, 4) is 0 Å². The number of hydrogen-bond donors (Lipinski definition) is 0. The number of fused-ring (bicyclic) bond motifs is 5. The maximum absolute atomic E-state index is 12.3. The van der Waals surface area contributed by atoms with Crippen molar-refractivity contribution in [1.29, 1.82) is 0 Å². The molecule has 158 valence electrons. The molecule has 4 aliphatic rings. The van der Waals surface area contributed by atoms with Crippen LogP contribution in [0.15, 0.2) is 0 Å². The molecule has 9 atom stereocenters. The predicted molar refractivity (Wildman–Crippen MR) is 109 cm³/mol. The molecule has 0 aromatic rings. The number of ether oxygens (including phenoxy) is 1. The summed E-state index contributed by atoms with van der Waals surface area (Å²) in [6.45, 7) is 11.0. The van der Waals surface area contributed by atoms with Crippen LogP contribution in [0.4, 0.5) is 0 Å². The normalized spacial score (nSPS) is 49.1. The number of hydrogen-bond acceptors (Lipinski definition) is 3. The van der Waals surface area contributed by atoms with Crippen LogP contribution in [0.1, 0.15) is 79.6 Å². The molecule has 1 unspecified atom stereocenters. The number of carbonyl (C=O) groups excluding carboxylic acids is 2. The van der Waals surface area contributed by atoms with E-state index in [9.17, 15) is 9.59 Å². The van der Waals surface area contributed by atoms with Crippen molar-refractivity contribution in [2.75, 3.05) is 7.05 Å². The van der Waals surface area contributed by atoms with Crippen LogP contribution in [0.25, 0.3) is 0 Å². The summed E-state index contributed by atoms with van der Waals surface area (Å²) in [6, 6.07) is 0.425. The summed E-state index contributed by atoms with van der Waals surface area (Å²) in [4.78, 5) is 26.0. The molecule has 1 heterocycles. The highest BCUT2D eigenvalue weighted by Crippen LogP contribution is 2.67. The Morgan fingerprint density at radius 1 is 1.14 bits per heavy atom. The molecule has 1 saturated heterocycles. The zero-order valence-electron chi connectivity index (χ0n) is 18.7. The van der Waals surface area contributed by atoms with Crippen LogP contribution in [0.5, 0.6) is 0 Å². The molecule has 0 aromatic carbocycles. The summed E-state index contributed by atoms with van der Waals surface area (Å²) < 4.78 is 5.70. The zero-order valence-corrected chi connectivity index (χ0v) is 18.7. The minimum Gasteiger partial charge on any atom is -0.463 e. The van der Waals surface area contributed by atoms with Crippen LogP contribution in [-0.4, -0.2) is 36.0 Å². The number of esters is 1. The van der Waals surface area contributed by atoms with Crippen LogP contribution in [0.2, 0.25) is 0 Å². The molecule has 0 aromatic heterocycles. The summed E-state index contributed by atoms with van der Waals surface area (Å²) in [5.74, 6) is 3.47. The van der Waals surface area contributed by atoms with Gasteiger partial charge in [0.05, 0.1) is 0 Å². The molecule has 4 fully saturated rings. The Morgan fingerprint density at radius 3 is 2.54 bits per heavy atom. The molecular weight excluding hydrogens is 350 g/mol. The summed E-state index contributed by atoms with van der Waals surface area (Å²) >= 11 is 0. The fourth-order valence-corrected chi connectivity index (χ4v) is 8.89. The van der Waals surface area contributed by atoms with E-state index in [4.69, 9.17) is 4.74 Å². The fraction of sp³-hybridized carbons (Fsp3) is 0.917. The van der Waals surface area contributed by atoms with Gasteiger partial charge in [-0.1, -0.05) is 20.8 Å². The number of nitrogens with zero attached hydrogens (tertiary/aromatic N) is 1. The Labute approximate surface area is 170 Å².